The van der Waals surface area contributed by atoms with Gasteiger partial charge < -0.3 is 0 Å². The van der Waals surface area contributed by atoms with Crippen molar-refractivity contribution in [3.8, 4) is 6.07 Å². The minimum Gasteiger partial charge on any atom is -0.263 e. The van der Waals surface area contributed by atoms with E-state index in [1.165, 1.54) is 11.1 Å². The molecule has 0 fully saturated rings. The number of hydrogen-bond donors (Lipinski definition) is 0. The van der Waals surface area contributed by atoms with Crippen molar-refractivity contribution in [3.05, 3.63) is 33.4 Å². The van der Waals surface area contributed by atoms with Crippen LogP contribution < -0.4 is 0 Å². The Morgan fingerprint density at radius 3 is 2.00 bits per heavy atom. The second kappa shape index (κ2) is 11.0. The number of hydrogen-bond acceptors (Lipinski definition) is 3. The summed E-state index contributed by atoms with van der Waals surface area (Å²) in [5.41, 5.74) is 1.05. The summed E-state index contributed by atoms with van der Waals surface area (Å²) in [5, 5.41) is 21.2. The van der Waals surface area contributed by atoms with Crippen LogP contribution in [0.15, 0.2) is 23.3 Å². The largest absolute Gasteiger partial charge is 0.307 e. The standard InChI is InChI=1S/C20H34N2O2/c1-16(2)9-7-11-18(5)13-14-20(15-21,22(23)24)19(6)12-8-10-17(3)4/h9-10,18-19H,7-8,11-14H2,1-6H3. The summed E-state index contributed by atoms with van der Waals surface area (Å²) in [4.78, 5) is 11.3. The van der Waals surface area contributed by atoms with E-state index in [0.29, 0.717) is 18.8 Å². The Morgan fingerprint density at radius 1 is 1.08 bits per heavy atom. The molecule has 0 aliphatic rings. The zero-order chi connectivity index (χ0) is 18.8. The topological polar surface area (TPSA) is 66.9 Å². The van der Waals surface area contributed by atoms with Gasteiger partial charge in [-0.15, -0.1) is 0 Å². The normalized spacial score (nSPS) is 15.5. The molecule has 0 saturated carbocycles. The lowest BCUT2D eigenvalue weighted by atomic mass is 9.78. The van der Waals surface area contributed by atoms with E-state index in [0.717, 1.165) is 25.7 Å². The van der Waals surface area contributed by atoms with E-state index in [9.17, 15) is 15.4 Å². The number of nitrogens with zero attached hydrogens (tertiary/aromatic N) is 2. The smallest absolute Gasteiger partial charge is 0.263 e. The molecule has 3 unspecified atom stereocenters. The molecule has 0 heterocycles. The highest BCUT2D eigenvalue weighted by Gasteiger charge is 2.48. The van der Waals surface area contributed by atoms with Gasteiger partial charge in [-0.05, 0) is 65.7 Å². The van der Waals surface area contributed by atoms with Crippen LogP contribution in [0.3, 0.4) is 0 Å². The molecule has 0 aliphatic carbocycles. The van der Waals surface area contributed by atoms with Gasteiger partial charge >= 0.3 is 5.54 Å². The lowest BCUT2D eigenvalue weighted by Crippen LogP contribution is -2.43. The van der Waals surface area contributed by atoms with Gasteiger partial charge in [0.15, 0.2) is 0 Å². The molecule has 0 amide bonds. The van der Waals surface area contributed by atoms with E-state index >= 15 is 0 Å². The Kier molecular flexibility index (Phi) is 10.3. The first-order chi connectivity index (χ1) is 11.2. The van der Waals surface area contributed by atoms with Crippen molar-refractivity contribution >= 4 is 0 Å². The zero-order valence-electron chi connectivity index (χ0n) is 16.3. The van der Waals surface area contributed by atoms with Gasteiger partial charge in [0.25, 0.3) is 0 Å². The molecule has 0 aromatic rings. The molecule has 0 aromatic heterocycles. The number of rotatable bonds is 11. The van der Waals surface area contributed by atoms with E-state index < -0.39 is 5.54 Å². The first-order valence-electron chi connectivity index (χ1n) is 8.98. The zero-order valence-corrected chi connectivity index (χ0v) is 16.3. The number of nitriles is 1. The van der Waals surface area contributed by atoms with Crippen LogP contribution in [0, 0.1) is 33.3 Å². The van der Waals surface area contributed by atoms with Gasteiger partial charge in [-0.2, -0.15) is 5.26 Å². The number of nitro groups is 1. The third-order valence-corrected chi connectivity index (χ3v) is 4.72. The van der Waals surface area contributed by atoms with Gasteiger partial charge in [0.2, 0.25) is 0 Å². The van der Waals surface area contributed by atoms with Crippen molar-refractivity contribution in [2.75, 3.05) is 0 Å². The molecule has 3 atom stereocenters. The van der Waals surface area contributed by atoms with Gasteiger partial charge in [-0.1, -0.05) is 37.1 Å². The Morgan fingerprint density at radius 2 is 1.58 bits per heavy atom. The maximum absolute atomic E-state index is 11.7. The summed E-state index contributed by atoms with van der Waals surface area (Å²) in [6.07, 6.45) is 8.81. The van der Waals surface area contributed by atoms with E-state index in [4.69, 9.17) is 0 Å². The SMILES string of the molecule is CC(C)=CCCC(C)CCC(C#N)(C(C)CCC=C(C)C)[N+](=O)[O-]. The van der Waals surface area contributed by atoms with Crippen LogP contribution in [0.25, 0.3) is 0 Å². The predicted octanol–water partition coefficient (Wildman–Crippen LogP) is 6.07. The van der Waals surface area contributed by atoms with Gasteiger partial charge in [0, 0.05) is 17.3 Å². The predicted molar refractivity (Wildman–Crippen MR) is 100 cm³/mol. The Hall–Kier alpha value is -1.63. The van der Waals surface area contributed by atoms with Crippen LogP contribution in [0.5, 0.6) is 0 Å². The van der Waals surface area contributed by atoms with Gasteiger partial charge in [0.05, 0.1) is 0 Å². The molecule has 0 aliphatic heterocycles. The van der Waals surface area contributed by atoms with Crippen molar-refractivity contribution in [2.45, 2.75) is 85.6 Å². The van der Waals surface area contributed by atoms with Crippen LogP contribution >= 0.6 is 0 Å². The summed E-state index contributed by atoms with van der Waals surface area (Å²) < 4.78 is 0. The van der Waals surface area contributed by atoms with Crippen molar-refractivity contribution in [1.29, 1.82) is 5.26 Å². The van der Waals surface area contributed by atoms with Crippen LogP contribution in [0.1, 0.15) is 80.1 Å². The molecule has 0 radical (unpaired) electrons. The third-order valence-electron chi connectivity index (χ3n) is 4.72. The van der Waals surface area contributed by atoms with Crippen molar-refractivity contribution in [2.24, 2.45) is 11.8 Å². The van der Waals surface area contributed by atoms with Crippen LogP contribution in [-0.4, -0.2) is 10.5 Å². The average Bonchev–Trinajstić information content (AvgIpc) is 2.47. The van der Waals surface area contributed by atoms with Crippen LogP contribution in [0.2, 0.25) is 0 Å². The molecular formula is C20H34N2O2. The summed E-state index contributed by atoms with van der Waals surface area (Å²) in [5.74, 6) is 0.135. The third kappa shape index (κ3) is 7.77. The summed E-state index contributed by atoms with van der Waals surface area (Å²) in [6.45, 7) is 12.2. The molecule has 0 N–H and O–H groups in total. The first-order valence-corrected chi connectivity index (χ1v) is 8.98. The highest BCUT2D eigenvalue weighted by atomic mass is 16.6. The van der Waals surface area contributed by atoms with Crippen molar-refractivity contribution < 1.29 is 4.92 Å². The fourth-order valence-electron chi connectivity index (χ4n) is 2.85. The minimum absolute atomic E-state index is 0.252. The molecule has 0 spiro atoms. The summed E-state index contributed by atoms with van der Waals surface area (Å²) >= 11 is 0. The van der Waals surface area contributed by atoms with Crippen molar-refractivity contribution in [3.63, 3.8) is 0 Å². The fourth-order valence-corrected chi connectivity index (χ4v) is 2.85. The maximum atomic E-state index is 11.7. The van der Waals surface area contributed by atoms with Gasteiger partial charge in [0.1, 0.15) is 6.07 Å². The molecule has 0 aromatic carbocycles. The highest BCUT2D eigenvalue weighted by molar-refractivity contribution is 5.05. The molecule has 0 bridgehead atoms. The fraction of sp³-hybridized carbons (Fsp3) is 0.750. The van der Waals surface area contributed by atoms with Crippen molar-refractivity contribution in [1.82, 2.24) is 0 Å². The summed E-state index contributed by atoms with van der Waals surface area (Å²) in [6, 6.07) is 2.05. The van der Waals surface area contributed by atoms with Gasteiger partial charge in [-0.25, -0.2) is 0 Å². The van der Waals surface area contributed by atoms with Crippen LogP contribution in [0.4, 0.5) is 0 Å². The Labute approximate surface area is 147 Å². The molecule has 4 nitrogen and oxygen atoms in total. The number of allylic oxidation sites excluding steroid dienone is 4. The minimum atomic E-state index is -1.46. The monoisotopic (exact) mass is 334 g/mol. The second-order valence-corrected chi connectivity index (χ2v) is 7.56. The maximum Gasteiger partial charge on any atom is 0.307 e. The lowest BCUT2D eigenvalue weighted by molar-refractivity contribution is -0.564. The molecule has 0 saturated heterocycles. The highest BCUT2D eigenvalue weighted by Crippen LogP contribution is 2.32. The van der Waals surface area contributed by atoms with Gasteiger partial charge in [-0.3, -0.25) is 10.1 Å². The van der Waals surface area contributed by atoms with Crippen LogP contribution in [-0.2, 0) is 0 Å². The molecule has 136 valence electrons. The van der Waals surface area contributed by atoms with E-state index in [1.54, 1.807) is 0 Å². The molecular weight excluding hydrogens is 300 g/mol. The summed E-state index contributed by atoms with van der Waals surface area (Å²) in [7, 11) is 0. The molecule has 4 heteroatoms. The molecule has 0 rings (SSSR count). The Bertz CT molecular complexity index is 494. The van der Waals surface area contributed by atoms with E-state index in [-0.39, 0.29) is 10.8 Å². The lowest BCUT2D eigenvalue weighted by Gasteiger charge is -2.25. The van der Waals surface area contributed by atoms with E-state index in [1.807, 2.05) is 20.8 Å². The quantitative estimate of drug-likeness (QED) is 0.261. The van der Waals surface area contributed by atoms with E-state index in [2.05, 4.69) is 39.0 Å². The average molecular weight is 335 g/mol. The molecule has 24 heavy (non-hydrogen) atoms. The first kappa shape index (κ1) is 22.4. The second-order valence-electron chi connectivity index (χ2n) is 7.56. The Balaban J connectivity index is 4.81.